The van der Waals surface area contributed by atoms with Gasteiger partial charge in [-0.1, -0.05) is 20.8 Å². The van der Waals surface area contributed by atoms with Crippen molar-refractivity contribution >= 4 is 17.8 Å². The predicted molar refractivity (Wildman–Crippen MR) is 69.4 cm³/mol. The lowest BCUT2D eigenvalue weighted by atomic mass is 10.0. The van der Waals surface area contributed by atoms with Crippen LogP contribution in [0.2, 0.25) is 0 Å². The largest absolute Gasteiger partial charge is 0.480 e. The third-order valence-electron chi connectivity index (χ3n) is 3.53. The van der Waals surface area contributed by atoms with Crippen LogP contribution in [-0.2, 0) is 14.4 Å². The number of rotatable bonds is 4. The number of amides is 2. The summed E-state index contributed by atoms with van der Waals surface area (Å²) in [4.78, 5) is 36.2. The van der Waals surface area contributed by atoms with Crippen molar-refractivity contribution in [3.05, 3.63) is 0 Å². The molecule has 0 bridgehead atoms. The van der Waals surface area contributed by atoms with Gasteiger partial charge in [0.25, 0.3) is 0 Å². The first-order valence-electron chi connectivity index (χ1n) is 6.56. The van der Waals surface area contributed by atoms with E-state index in [1.54, 1.807) is 0 Å². The standard InChI is InChI=1S/C13H22N2O4/c1-7(2)10(14-9(4)16)12(17)15-6-5-8(3)11(15)13(18)19/h7-8,10-11H,5-6H2,1-4H3,(H,14,16)(H,18,19). The summed E-state index contributed by atoms with van der Waals surface area (Å²) in [6.07, 6.45) is 0.674. The van der Waals surface area contributed by atoms with Crippen molar-refractivity contribution in [2.45, 2.75) is 46.2 Å². The highest BCUT2D eigenvalue weighted by molar-refractivity contribution is 5.90. The van der Waals surface area contributed by atoms with Gasteiger partial charge in [-0.2, -0.15) is 0 Å². The van der Waals surface area contributed by atoms with Crippen molar-refractivity contribution in [1.82, 2.24) is 10.2 Å². The number of carboxylic acids is 1. The number of nitrogens with zero attached hydrogens (tertiary/aromatic N) is 1. The smallest absolute Gasteiger partial charge is 0.326 e. The molecule has 1 aliphatic heterocycles. The van der Waals surface area contributed by atoms with Gasteiger partial charge in [0.2, 0.25) is 11.8 Å². The Labute approximate surface area is 113 Å². The van der Waals surface area contributed by atoms with E-state index < -0.39 is 18.1 Å². The third-order valence-corrected chi connectivity index (χ3v) is 3.53. The number of carbonyl (C=O) groups is 3. The molecule has 0 aromatic heterocycles. The van der Waals surface area contributed by atoms with Crippen LogP contribution < -0.4 is 5.32 Å². The van der Waals surface area contributed by atoms with Crippen LogP contribution in [0.5, 0.6) is 0 Å². The first-order valence-corrected chi connectivity index (χ1v) is 6.56. The van der Waals surface area contributed by atoms with Crippen molar-refractivity contribution < 1.29 is 19.5 Å². The molecule has 2 N–H and O–H groups in total. The Morgan fingerprint density at radius 2 is 1.89 bits per heavy atom. The Morgan fingerprint density at radius 1 is 1.32 bits per heavy atom. The molecule has 1 heterocycles. The Kier molecular flexibility index (Phi) is 4.91. The number of likely N-dealkylation sites (tertiary alicyclic amines) is 1. The highest BCUT2D eigenvalue weighted by Crippen LogP contribution is 2.25. The number of aliphatic carboxylic acids is 1. The van der Waals surface area contributed by atoms with E-state index in [1.165, 1.54) is 11.8 Å². The number of carboxylic acid groups (broad SMARTS) is 1. The molecule has 0 aliphatic carbocycles. The molecule has 0 aromatic carbocycles. The van der Waals surface area contributed by atoms with Gasteiger partial charge in [0.05, 0.1) is 0 Å². The average molecular weight is 270 g/mol. The van der Waals surface area contributed by atoms with Crippen LogP contribution in [-0.4, -0.2) is 46.4 Å². The van der Waals surface area contributed by atoms with Gasteiger partial charge >= 0.3 is 5.97 Å². The second-order valence-electron chi connectivity index (χ2n) is 5.50. The number of hydrogen-bond acceptors (Lipinski definition) is 3. The average Bonchev–Trinajstić information content (AvgIpc) is 2.66. The molecule has 19 heavy (non-hydrogen) atoms. The summed E-state index contributed by atoms with van der Waals surface area (Å²) < 4.78 is 0. The van der Waals surface area contributed by atoms with Crippen LogP contribution in [0.15, 0.2) is 0 Å². The maximum atomic E-state index is 12.4. The van der Waals surface area contributed by atoms with Crippen LogP contribution in [0, 0.1) is 11.8 Å². The van der Waals surface area contributed by atoms with Gasteiger partial charge in [-0.25, -0.2) is 4.79 Å². The van der Waals surface area contributed by atoms with Crippen LogP contribution in [0.4, 0.5) is 0 Å². The van der Waals surface area contributed by atoms with Gasteiger partial charge in [-0.15, -0.1) is 0 Å². The Balaban J connectivity index is 2.90. The van der Waals surface area contributed by atoms with E-state index in [1.807, 2.05) is 20.8 Å². The highest BCUT2D eigenvalue weighted by Gasteiger charge is 2.42. The zero-order valence-corrected chi connectivity index (χ0v) is 11.8. The molecule has 2 amide bonds. The van der Waals surface area contributed by atoms with Gasteiger partial charge in [0, 0.05) is 13.5 Å². The molecule has 3 unspecified atom stereocenters. The summed E-state index contributed by atoms with van der Waals surface area (Å²) in [7, 11) is 0. The van der Waals surface area contributed by atoms with E-state index in [0.29, 0.717) is 13.0 Å². The van der Waals surface area contributed by atoms with Gasteiger partial charge in [-0.05, 0) is 18.3 Å². The molecule has 1 saturated heterocycles. The van der Waals surface area contributed by atoms with Crippen molar-refractivity contribution in [2.75, 3.05) is 6.54 Å². The molecule has 3 atom stereocenters. The molecule has 0 radical (unpaired) electrons. The minimum atomic E-state index is -0.983. The zero-order chi connectivity index (χ0) is 14.7. The monoisotopic (exact) mass is 270 g/mol. The molecule has 6 heteroatoms. The van der Waals surface area contributed by atoms with Gasteiger partial charge < -0.3 is 15.3 Å². The van der Waals surface area contributed by atoms with E-state index in [9.17, 15) is 19.5 Å². The maximum absolute atomic E-state index is 12.4. The van der Waals surface area contributed by atoms with E-state index in [-0.39, 0.29) is 23.7 Å². The van der Waals surface area contributed by atoms with Gasteiger partial charge in [0.1, 0.15) is 12.1 Å². The number of carbonyl (C=O) groups excluding carboxylic acids is 2. The minimum absolute atomic E-state index is 0.0633. The quantitative estimate of drug-likeness (QED) is 0.777. The number of nitrogens with one attached hydrogen (secondary N) is 1. The van der Waals surface area contributed by atoms with Crippen LogP contribution in [0.1, 0.15) is 34.1 Å². The third kappa shape index (κ3) is 3.45. The molecule has 0 aromatic rings. The molecule has 108 valence electrons. The first kappa shape index (κ1) is 15.5. The molecular weight excluding hydrogens is 248 g/mol. The number of hydrogen-bond donors (Lipinski definition) is 2. The fraction of sp³-hybridized carbons (Fsp3) is 0.769. The summed E-state index contributed by atoms with van der Waals surface area (Å²) in [6.45, 7) is 7.26. The topological polar surface area (TPSA) is 86.7 Å². The lowest BCUT2D eigenvalue weighted by molar-refractivity contribution is -0.151. The van der Waals surface area contributed by atoms with Crippen molar-refractivity contribution in [3.8, 4) is 0 Å². The van der Waals surface area contributed by atoms with Crippen LogP contribution in [0.3, 0.4) is 0 Å². The molecule has 0 saturated carbocycles. The summed E-state index contributed by atoms with van der Waals surface area (Å²) in [6, 6.07) is -1.45. The molecule has 1 fully saturated rings. The fourth-order valence-corrected chi connectivity index (χ4v) is 2.48. The SMILES string of the molecule is CC(=O)NC(C(=O)N1CCC(C)C1C(=O)O)C(C)C. The van der Waals surface area contributed by atoms with Crippen molar-refractivity contribution in [2.24, 2.45) is 11.8 Å². The fourth-order valence-electron chi connectivity index (χ4n) is 2.48. The molecule has 1 aliphatic rings. The summed E-state index contributed by atoms with van der Waals surface area (Å²) in [5.74, 6) is -1.72. The van der Waals surface area contributed by atoms with E-state index >= 15 is 0 Å². The Hall–Kier alpha value is -1.59. The zero-order valence-electron chi connectivity index (χ0n) is 11.8. The van der Waals surface area contributed by atoms with Gasteiger partial charge in [0.15, 0.2) is 0 Å². The van der Waals surface area contributed by atoms with Gasteiger partial charge in [-0.3, -0.25) is 9.59 Å². The molecule has 1 rings (SSSR count). The highest BCUT2D eigenvalue weighted by atomic mass is 16.4. The van der Waals surface area contributed by atoms with Crippen LogP contribution in [0.25, 0.3) is 0 Å². The first-order chi connectivity index (χ1) is 8.75. The minimum Gasteiger partial charge on any atom is -0.480 e. The summed E-state index contributed by atoms with van der Waals surface area (Å²) in [5.41, 5.74) is 0. The summed E-state index contributed by atoms with van der Waals surface area (Å²) in [5, 5.41) is 11.8. The van der Waals surface area contributed by atoms with Crippen molar-refractivity contribution in [3.63, 3.8) is 0 Å². The molecular formula is C13H22N2O4. The molecule has 6 nitrogen and oxygen atoms in total. The summed E-state index contributed by atoms with van der Waals surface area (Å²) >= 11 is 0. The van der Waals surface area contributed by atoms with Crippen molar-refractivity contribution in [1.29, 1.82) is 0 Å². The lowest BCUT2D eigenvalue weighted by Crippen LogP contribution is -2.54. The Bertz CT molecular complexity index is 381. The predicted octanol–water partition coefficient (Wildman–Crippen LogP) is 0.469. The van der Waals surface area contributed by atoms with E-state index in [0.717, 1.165) is 0 Å². The lowest BCUT2D eigenvalue weighted by Gasteiger charge is -2.29. The van der Waals surface area contributed by atoms with Crippen LogP contribution >= 0.6 is 0 Å². The Morgan fingerprint density at radius 3 is 2.32 bits per heavy atom. The molecule has 0 spiro atoms. The second-order valence-corrected chi connectivity index (χ2v) is 5.50. The normalized spacial score (nSPS) is 24.4. The second kappa shape index (κ2) is 6.04. The maximum Gasteiger partial charge on any atom is 0.326 e. The van der Waals surface area contributed by atoms with E-state index in [4.69, 9.17) is 0 Å². The van der Waals surface area contributed by atoms with E-state index in [2.05, 4.69) is 5.32 Å².